The lowest BCUT2D eigenvalue weighted by Crippen LogP contribution is -2.05. The number of allylic oxidation sites excluding steroid dienone is 3. The number of hydrogen-bond donors (Lipinski definition) is 0. The van der Waals surface area contributed by atoms with Gasteiger partial charge in [-0.2, -0.15) is 0 Å². The van der Waals surface area contributed by atoms with Gasteiger partial charge in [0.05, 0.1) is 0 Å². The monoisotopic (exact) mass is 272 g/mol. The SMILES string of the molecule is Cc1ccc(C2=CCCC3C2=Cc2ccc(C)cc23)cc1. The number of fused-ring (bicyclic) bond motifs is 3. The van der Waals surface area contributed by atoms with E-state index in [4.69, 9.17) is 0 Å². The van der Waals surface area contributed by atoms with E-state index in [1.54, 1.807) is 0 Å². The molecule has 104 valence electrons. The summed E-state index contributed by atoms with van der Waals surface area (Å²) >= 11 is 0. The highest BCUT2D eigenvalue weighted by Crippen LogP contribution is 2.48. The van der Waals surface area contributed by atoms with Crippen molar-refractivity contribution < 1.29 is 0 Å². The minimum Gasteiger partial charge on any atom is -0.0763 e. The summed E-state index contributed by atoms with van der Waals surface area (Å²) in [5, 5.41) is 0. The molecule has 1 atom stereocenters. The summed E-state index contributed by atoms with van der Waals surface area (Å²) < 4.78 is 0. The Morgan fingerprint density at radius 3 is 2.48 bits per heavy atom. The third-order valence-corrected chi connectivity index (χ3v) is 4.78. The second-order valence-corrected chi connectivity index (χ2v) is 6.35. The molecule has 21 heavy (non-hydrogen) atoms. The van der Waals surface area contributed by atoms with Gasteiger partial charge in [-0.1, -0.05) is 65.7 Å². The van der Waals surface area contributed by atoms with Crippen LogP contribution in [-0.2, 0) is 0 Å². The predicted molar refractivity (Wildman–Crippen MR) is 90.3 cm³/mol. The van der Waals surface area contributed by atoms with Crippen LogP contribution < -0.4 is 0 Å². The van der Waals surface area contributed by atoms with Crippen LogP contribution in [0, 0.1) is 13.8 Å². The van der Waals surface area contributed by atoms with E-state index in [9.17, 15) is 0 Å². The number of benzene rings is 2. The fourth-order valence-electron chi connectivity index (χ4n) is 3.67. The van der Waals surface area contributed by atoms with Gasteiger partial charge in [-0.05, 0) is 54.5 Å². The smallest absolute Gasteiger partial charge is 0.0105 e. The van der Waals surface area contributed by atoms with Crippen LogP contribution >= 0.6 is 0 Å². The predicted octanol–water partition coefficient (Wildman–Crippen LogP) is 5.66. The molecule has 2 aromatic carbocycles. The number of rotatable bonds is 1. The van der Waals surface area contributed by atoms with Gasteiger partial charge >= 0.3 is 0 Å². The van der Waals surface area contributed by atoms with E-state index in [1.165, 1.54) is 51.8 Å². The lowest BCUT2D eigenvalue weighted by atomic mass is 9.80. The molecule has 0 saturated heterocycles. The molecule has 0 radical (unpaired) electrons. The molecule has 1 unspecified atom stereocenters. The molecular weight excluding hydrogens is 252 g/mol. The van der Waals surface area contributed by atoms with Crippen molar-refractivity contribution in [1.82, 2.24) is 0 Å². The Balaban J connectivity index is 1.79. The largest absolute Gasteiger partial charge is 0.0763 e. The van der Waals surface area contributed by atoms with Crippen molar-refractivity contribution in [2.75, 3.05) is 0 Å². The van der Waals surface area contributed by atoms with E-state index in [0.717, 1.165) is 0 Å². The normalized spacial score (nSPS) is 19.6. The van der Waals surface area contributed by atoms with E-state index in [2.05, 4.69) is 68.5 Å². The lowest BCUT2D eigenvalue weighted by molar-refractivity contribution is 0.725. The van der Waals surface area contributed by atoms with E-state index in [1.807, 2.05) is 0 Å². The van der Waals surface area contributed by atoms with Gasteiger partial charge in [-0.3, -0.25) is 0 Å². The maximum Gasteiger partial charge on any atom is 0.0105 e. The Kier molecular flexibility index (Phi) is 2.85. The van der Waals surface area contributed by atoms with Gasteiger partial charge in [-0.15, -0.1) is 0 Å². The van der Waals surface area contributed by atoms with E-state index in [0.29, 0.717) is 5.92 Å². The van der Waals surface area contributed by atoms with E-state index < -0.39 is 0 Å². The Morgan fingerprint density at radius 1 is 0.905 bits per heavy atom. The van der Waals surface area contributed by atoms with Crippen molar-refractivity contribution in [2.24, 2.45) is 0 Å². The van der Waals surface area contributed by atoms with Crippen molar-refractivity contribution in [3.8, 4) is 0 Å². The Hall–Kier alpha value is -2.08. The molecule has 0 nitrogen and oxygen atoms in total. The molecule has 2 aromatic rings. The lowest BCUT2D eigenvalue weighted by Gasteiger charge is -2.24. The first-order chi connectivity index (χ1) is 10.2. The summed E-state index contributed by atoms with van der Waals surface area (Å²) in [6, 6.07) is 15.8. The average Bonchev–Trinajstić information content (AvgIpc) is 2.86. The molecule has 0 aliphatic heterocycles. The van der Waals surface area contributed by atoms with Crippen LogP contribution in [0.1, 0.15) is 46.6 Å². The number of hydrogen-bond acceptors (Lipinski definition) is 0. The zero-order chi connectivity index (χ0) is 14.4. The molecule has 0 spiro atoms. The number of aryl methyl sites for hydroxylation is 2. The van der Waals surface area contributed by atoms with Crippen LogP contribution in [0.3, 0.4) is 0 Å². The minimum atomic E-state index is 0.598. The summed E-state index contributed by atoms with van der Waals surface area (Å²) in [6.45, 7) is 4.34. The standard InChI is InChI=1S/C21H20/c1-14-6-9-16(10-7-14)18-4-3-5-19-20-12-15(2)8-11-17(20)13-21(18)19/h4,6-13,19H,3,5H2,1-2H3. The maximum absolute atomic E-state index is 2.42. The van der Waals surface area contributed by atoms with Crippen LogP contribution in [0.4, 0.5) is 0 Å². The summed E-state index contributed by atoms with van der Waals surface area (Å²) in [7, 11) is 0. The fourth-order valence-corrected chi connectivity index (χ4v) is 3.67. The first kappa shape index (κ1) is 12.6. The highest BCUT2D eigenvalue weighted by atomic mass is 14.3. The van der Waals surface area contributed by atoms with Crippen molar-refractivity contribution in [3.63, 3.8) is 0 Å². The van der Waals surface area contributed by atoms with Crippen molar-refractivity contribution >= 4 is 11.6 Å². The third-order valence-electron chi connectivity index (χ3n) is 4.78. The van der Waals surface area contributed by atoms with Crippen LogP contribution in [0.25, 0.3) is 11.6 Å². The molecule has 0 fully saturated rings. The molecule has 2 aliphatic rings. The van der Waals surface area contributed by atoms with Gasteiger partial charge < -0.3 is 0 Å². The minimum absolute atomic E-state index is 0.598. The van der Waals surface area contributed by atoms with Gasteiger partial charge in [0.1, 0.15) is 0 Å². The van der Waals surface area contributed by atoms with Crippen molar-refractivity contribution in [2.45, 2.75) is 32.6 Å². The molecule has 0 heteroatoms. The van der Waals surface area contributed by atoms with Crippen LogP contribution in [-0.4, -0.2) is 0 Å². The molecule has 2 aliphatic carbocycles. The molecule has 0 saturated carbocycles. The zero-order valence-corrected chi connectivity index (χ0v) is 12.7. The summed E-state index contributed by atoms with van der Waals surface area (Å²) in [4.78, 5) is 0. The van der Waals surface area contributed by atoms with E-state index in [-0.39, 0.29) is 0 Å². The van der Waals surface area contributed by atoms with Crippen molar-refractivity contribution in [1.29, 1.82) is 0 Å². The average molecular weight is 272 g/mol. The van der Waals surface area contributed by atoms with Crippen LogP contribution in [0.5, 0.6) is 0 Å². The molecule has 0 heterocycles. The third kappa shape index (κ3) is 2.06. The highest BCUT2D eigenvalue weighted by Gasteiger charge is 2.29. The molecule has 0 amide bonds. The maximum atomic E-state index is 2.42. The van der Waals surface area contributed by atoms with Gasteiger partial charge in [0.15, 0.2) is 0 Å². The van der Waals surface area contributed by atoms with Crippen molar-refractivity contribution in [3.05, 3.63) is 81.9 Å². The quantitative estimate of drug-likeness (QED) is 0.628. The summed E-state index contributed by atoms with van der Waals surface area (Å²) in [6.07, 6.45) is 7.26. The first-order valence-electron chi connectivity index (χ1n) is 7.82. The summed E-state index contributed by atoms with van der Waals surface area (Å²) in [5.41, 5.74) is 9.97. The fraction of sp³-hybridized carbons (Fsp3) is 0.238. The molecular formula is C21H20. The van der Waals surface area contributed by atoms with Gasteiger partial charge in [0.25, 0.3) is 0 Å². The Bertz CT molecular complexity index is 757. The molecule has 4 rings (SSSR count). The second kappa shape index (κ2) is 4.73. The van der Waals surface area contributed by atoms with Gasteiger partial charge in [0, 0.05) is 5.92 Å². The van der Waals surface area contributed by atoms with Crippen LogP contribution in [0.15, 0.2) is 54.1 Å². The van der Waals surface area contributed by atoms with Crippen LogP contribution in [0.2, 0.25) is 0 Å². The Morgan fingerprint density at radius 2 is 1.67 bits per heavy atom. The topological polar surface area (TPSA) is 0 Å². The highest BCUT2D eigenvalue weighted by molar-refractivity contribution is 5.90. The Labute approximate surface area is 126 Å². The second-order valence-electron chi connectivity index (χ2n) is 6.35. The van der Waals surface area contributed by atoms with Gasteiger partial charge in [-0.25, -0.2) is 0 Å². The molecule has 0 N–H and O–H groups in total. The first-order valence-corrected chi connectivity index (χ1v) is 7.82. The molecule has 0 bridgehead atoms. The molecule has 0 aromatic heterocycles. The van der Waals surface area contributed by atoms with Gasteiger partial charge in [0.2, 0.25) is 0 Å². The van der Waals surface area contributed by atoms with E-state index >= 15 is 0 Å². The zero-order valence-electron chi connectivity index (χ0n) is 12.7. The summed E-state index contributed by atoms with van der Waals surface area (Å²) in [5.74, 6) is 0.598.